The molecule has 21 heavy (non-hydrogen) atoms. The number of hydrogen-bond acceptors (Lipinski definition) is 6. The molecule has 0 aliphatic heterocycles. The van der Waals surface area contributed by atoms with Gasteiger partial charge < -0.3 is 10.4 Å². The fourth-order valence-corrected chi connectivity index (χ4v) is 4.33. The molecular formula is C14H18N2O2S3. The lowest BCUT2D eigenvalue weighted by Gasteiger charge is -2.22. The summed E-state index contributed by atoms with van der Waals surface area (Å²) in [6.45, 7) is 3.79. The molecule has 2 aromatic heterocycles. The lowest BCUT2D eigenvalue weighted by atomic mass is 10.1. The van der Waals surface area contributed by atoms with Gasteiger partial charge in [0.2, 0.25) is 0 Å². The number of thiophene rings is 1. The summed E-state index contributed by atoms with van der Waals surface area (Å²) in [4.78, 5) is 18.4. The van der Waals surface area contributed by atoms with Gasteiger partial charge in [0.15, 0.2) is 0 Å². The fraction of sp³-hybridized carbons (Fsp3) is 0.429. The number of carbonyl (C=O) groups is 1. The Morgan fingerprint density at radius 3 is 2.95 bits per heavy atom. The molecule has 0 bridgehead atoms. The number of nitrogens with one attached hydrogen (secondary N) is 1. The molecule has 114 valence electrons. The Morgan fingerprint density at radius 1 is 1.57 bits per heavy atom. The largest absolute Gasteiger partial charge is 0.387 e. The Labute approximate surface area is 136 Å². The van der Waals surface area contributed by atoms with Crippen LogP contribution in [0.5, 0.6) is 0 Å². The van der Waals surface area contributed by atoms with Gasteiger partial charge in [0.1, 0.15) is 9.88 Å². The van der Waals surface area contributed by atoms with E-state index in [-0.39, 0.29) is 12.5 Å². The van der Waals surface area contributed by atoms with Crippen molar-refractivity contribution >= 4 is 40.3 Å². The van der Waals surface area contributed by atoms with E-state index in [2.05, 4.69) is 10.3 Å². The Bertz CT molecular complexity index is 606. The van der Waals surface area contributed by atoms with Crippen LogP contribution in [0.3, 0.4) is 0 Å². The highest BCUT2D eigenvalue weighted by molar-refractivity contribution is 7.98. The van der Waals surface area contributed by atoms with Crippen LogP contribution in [0.4, 0.5) is 0 Å². The maximum absolute atomic E-state index is 12.2. The van der Waals surface area contributed by atoms with Crippen molar-refractivity contribution in [2.24, 2.45) is 0 Å². The van der Waals surface area contributed by atoms with Crippen LogP contribution in [0, 0.1) is 6.92 Å². The topological polar surface area (TPSA) is 62.2 Å². The van der Waals surface area contributed by atoms with E-state index < -0.39 is 5.60 Å². The summed E-state index contributed by atoms with van der Waals surface area (Å²) in [5.41, 5.74) is -0.171. The van der Waals surface area contributed by atoms with Crippen LogP contribution in [0.2, 0.25) is 0 Å². The predicted octanol–water partition coefficient (Wildman–Crippen LogP) is 3.02. The highest BCUT2D eigenvalue weighted by Crippen LogP contribution is 2.31. The second kappa shape index (κ2) is 6.91. The first kappa shape index (κ1) is 16.5. The van der Waals surface area contributed by atoms with E-state index in [1.807, 2.05) is 30.7 Å². The summed E-state index contributed by atoms with van der Waals surface area (Å²) in [6, 6.07) is 3.96. The summed E-state index contributed by atoms with van der Waals surface area (Å²) >= 11 is 4.55. The zero-order valence-corrected chi connectivity index (χ0v) is 14.6. The van der Waals surface area contributed by atoms with E-state index in [1.54, 1.807) is 30.0 Å². The third kappa shape index (κ3) is 4.29. The molecule has 7 heteroatoms. The van der Waals surface area contributed by atoms with Crippen LogP contribution >= 0.6 is 34.4 Å². The third-order valence-corrected chi connectivity index (χ3v) is 5.93. The van der Waals surface area contributed by atoms with Crippen molar-refractivity contribution in [1.82, 2.24) is 10.3 Å². The van der Waals surface area contributed by atoms with Gasteiger partial charge in [0.25, 0.3) is 5.91 Å². The molecule has 0 radical (unpaired) electrons. The van der Waals surface area contributed by atoms with Crippen molar-refractivity contribution in [3.63, 3.8) is 0 Å². The minimum Gasteiger partial charge on any atom is -0.387 e. The van der Waals surface area contributed by atoms with Gasteiger partial charge in [-0.3, -0.25) is 4.79 Å². The smallest absolute Gasteiger partial charge is 0.263 e. The zero-order chi connectivity index (χ0) is 15.5. The quantitative estimate of drug-likeness (QED) is 0.847. The molecule has 0 saturated carbocycles. The van der Waals surface area contributed by atoms with Crippen LogP contribution in [0.25, 0.3) is 9.88 Å². The number of rotatable bonds is 6. The Kier molecular flexibility index (Phi) is 5.43. The number of thiazole rings is 1. The van der Waals surface area contributed by atoms with Crippen LogP contribution in [0.15, 0.2) is 17.5 Å². The van der Waals surface area contributed by atoms with Gasteiger partial charge in [-0.25, -0.2) is 4.98 Å². The Balaban J connectivity index is 2.06. The fourth-order valence-electron chi connectivity index (χ4n) is 1.83. The zero-order valence-electron chi connectivity index (χ0n) is 12.2. The molecule has 0 spiro atoms. The molecule has 1 atom stereocenters. The Morgan fingerprint density at radius 2 is 2.33 bits per heavy atom. The summed E-state index contributed by atoms with van der Waals surface area (Å²) < 4.78 is 0. The van der Waals surface area contributed by atoms with Gasteiger partial charge in [0.05, 0.1) is 16.2 Å². The maximum atomic E-state index is 12.2. The van der Waals surface area contributed by atoms with Crippen molar-refractivity contribution in [2.75, 3.05) is 18.6 Å². The number of nitrogens with zero attached hydrogens (tertiary/aromatic N) is 1. The number of aliphatic hydroxyl groups is 1. The normalized spacial score (nSPS) is 13.9. The third-order valence-electron chi connectivity index (χ3n) is 2.82. The van der Waals surface area contributed by atoms with Gasteiger partial charge in [-0.15, -0.1) is 22.7 Å². The molecule has 2 N–H and O–H groups in total. The number of thioether (sulfide) groups is 1. The first-order valence-corrected chi connectivity index (χ1v) is 9.53. The van der Waals surface area contributed by atoms with Crippen LogP contribution < -0.4 is 5.32 Å². The highest BCUT2D eigenvalue weighted by atomic mass is 32.2. The van der Waals surface area contributed by atoms with Crippen LogP contribution in [0.1, 0.15) is 22.3 Å². The second-order valence-corrected chi connectivity index (χ2v) is 7.84. The number of hydrogen-bond donors (Lipinski definition) is 2. The first-order valence-electron chi connectivity index (χ1n) is 6.44. The minimum absolute atomic E-state index is 0.172. The van der Waals surface area contributed by atoms with Crippen molar-refractivity contribution < 1.29 is 9.90 Å². The molecule has 0 saturated heterocycles. The molecule has 2 heterocycles. The standard InChI is InChI=1S/C14H18N2O2S3/c1-9-11(12(17)15-7-14(2,18)8-19-3)21-13(16-9)10-5-4-6-20-10/h4-6,18H,7-8H2,1-3H3,(H,15,17). The summed E-state index contributed by atoms with van der Waals surface area (Å²) in [7, 11) is 0. The first-order chi connectivity index (χ1) is 9.93. The maximum Gasteiger partial charge on any atom is 0.263 e. The number of aryl methyl sites for hydroxylation is 1. The van der Waals surface area contributed by atoms with Crippen LogP contribution in [-0.4, -0.2) is 40.2 Å². The average molecular weight is 343 g/mol. The van der Waals surface area contributed by atoms with E-state index in [9.17, 15) is 9.90 Å². The van der Waals surface area contributed by atoms with Gasteiger partial charge in [-0.05, 0) is 31.5 Å². The molecule has 4 nitrogen and oxygen atoms in total. The average Bonchev–Trinajstić information content (AvgIpc) is 3.05. The molecule has 0 aromatic carbocycles. The molecule has 1 unspecified atom stereocenters. The molecule has 0 aliphatic carbocycles. The lowest BCUT2D eigenvalue weighted by molar-refractivity contribution is 0.0727. The number of carbonyl (C=O) groups excluding carboxylic acids is 1. The molecule has 0 aliphatic rings. The SMILES string of the molecule is CSCC(C)(O)CNC(=O)c1sc(-c2cccs2)nc1C. The minimum atomic E-state index is -0.899. The van der Waals surface area contributed by atoms with Gasteiger partial charge >= 0.3 is 0 Å². The molecular weight excluding hydrogens is 324 g/mol. The molecule has 2 rings (SSSR count). The monoisotopic (exact) mass is 342 g/mol. The van der Waals surface area contributed by atoms with Crippen molar-refractivity contribution in [3.8, 4) is 9.88 Å². The molecule has 1 amide bonds. The molecule has 2 aromatic rings. The van der Waals surface area contributed by atoms with Gasteiger partial charge in [-0.2, -0.15) is 11.8 Å². The predicted molar refractivity (Wildman–Crippen MR) is 91.5 cm³/mol. The van der Waals surface area contributed by atoms with E-state index in [4.69, 9.17) is 0 Å². The van der Waals surface area contributed by atoms with Crippen LogP contribution in [-0.2, 0) is 0 Å². The van der Waals surface area contributed by atoms with Gasteiger partial charge in [0, 0.05) is 12.3 Å². The number of aromatic nitrogens is 1. The van der Waals surface area contributed by atoms with Crippen molar-refractivity contribution in [3.05, 3.63) is 28.1 Å². The second-order valence-electron chi connectivity index (χ2n) is 5.02. The van der Waals surface area contributed by atoms with E-state index in [1.165, 1.54) is 11.3 Å². The lowest BCUT2D eigenvalue weighted by Crippen LogP contribution is -2.42. The van der Waals surface area contributed by atoms with Crippen molar-refractivity contribution in [2.45, 2.75) is 19.4 Å². The van der Waals surface area contributed by atoms with E-state index >= 15 is 0 Å². The summed E-state index contributed by atoms with van der Waals surface area (Å²) in [5.74, 6) is 0.407. The highest BCUT2D eigenvalue weighted by Gasteiger charge is 2.23. The van der Waals surface area contributed by atoms with Crippen molar-refractivity contribution in [1.29, 1.82) is 0 Å². The van der Waals surface area contributed by atoms with E-state index in [0.717, 1.165) is 15.6 Å². The molecule has 0 fully saturated rings. The van der Waals surface area contributed by atoms with E-state index in [0.29, 0.717) is 10.6 Å². The summed E-state index contributed by atoms with van der Waals surface area (Å²) in [6.07, 6.45) is 1.93. The Hall–Kier alpha value is -0.890. The summed E-state index contributed by atoms with van der Waals surface area (Å²) in [5, 5.41) is 15.7. The van der Waals surface area contributed by atoms with Gasteiger partial charge in [-0.1, -0.05) is 6.07 Å². The number of amides is 1.